The van der Waals surface area contributed by atoms with E-state index in [2.05, 4.69) is 228 Å². The van der Waals surface area contributed by atoms with E-state index in [0.29, 0.717) is 5.82 Å². The minimum atomic E-state index is -0.117. The Labute approximate surface area is 385 Å². The highest BCUT2D eigenvalue weighted by molar-refractivity contribution is 6.13. The van der Waals surface area contributed by atoms with E-state index in [1.54, 1.807) is 0 Å². The van der Waals surface area contributed by atoms with Crippen LogP contribution in [0.4, 0.5) is 0 Å². The molecule has 2 aliphatic rings. The molecule has 0 aliphatic heterocycles. The van der Waals surface area contributed by atoms with E-state index in [4.69, 9.17) is 9.97 Å². The van der Waals surface area contributed by atoms with E-state index in [-0.39, 0.29) is 10.8 Å². The van der Waals surface area contributed by atoms with Gasteiger partial charge < -0.3 is 0 Å². The normalized spacial score (nSPS) is 14.0. The first-order valence-electron chi connectivity index (χ1n) is 23.2. The molecule has 11 aromatic rings. The molecule has 10 aromatic carbocycles. The predicted octanol–water partition coefficient (Wildman–Crippen LogP) is 16.9. The first-order valence-corrected chi connectivity index (χ1v) is 23.2. The van der Waals surface area contributed by atoms with Crippen LogP contribution < -0.4 is 0 Å². The summed E-state index contributed by atoms with van der Waals surface area (Å²) in [5, 5.41) is 7.42. The largest absolute Gasteiger partial charge is 0.228 e. The van der Waals surface area contributed by atoms with Gasteiger partial charge in [0.2, 0.25) is 0 Å². The van der Waals surface area contributed by atoms with Crippen LogP contribution in [0, 0.1) is 0 Å². The van der Waals surface area contributed by atoms with Gasteiger partial charge in [-0.1, -0.05) is 222 Å². The Bertz CT molecular complexity index is 3820. The summed E-state index contributed by atoms with van der Waals surface area (Å²) in [6.07, 6.45) is 0. The van der Waals surface area contributed by atoms with Crippen LogP contribution in [0.5, 0.6) is 0 Å². The van der Waals surface area contributed by atoms with Crippen molar-refractivity contribution in [2.75, 3.05) is 0 Å². The van der Waals surface area contributed by atoms with Crippen molar-refractivity contribution in [1.29, 1.82) is 0 Å². The number of benzene rings is 10. The lowest BCUT2D eigenvalue weighted by Crippen LogP contribution is -2.14. The van der Waals surface area contributed by atoms with Crippen LogP contribution in [0.2, 0.25) is 0 Å². The predicted molar refractivity (Wildman–Crippen MR) is 277 cm³/mol. The van der Waals surface area contributed by atoms with Crippen LogP contribution >= 0.6 is 0 Å². The highest BCUT2D eigenvalue weighted by Gasteiger charge is 2.38. The van der Waals surface area contributed by atoms with Gasteiger partial charge in [-0.2, -0.15) is 0 Å². The summed E-state index contributed by atoms with van der Waals surface area (Å²) in [6, 6.07) is 75.8. The second-order valence-electron chi connectivity index (χ2n) is 19.2. The van der Waals surface area contributed by atoms with Crippen molar-refractivity contribution in [3.63, 3.8) is 0 Å². The van der Waals surface area contributed by atoms with Crippen LogP contribution in [0.25, 0.3) is 111 Å². The third-order valence-electron chi connectivity index (χ3n) is 14.9. The Morgan fingerprint density at radius 3 is 1.52 bits per heavy atom. The smallest absolute Gasteiger partial charge is 0.160 e. The number of nitrogens with zero attached hydrogens (tertiary/aromatic N) is 2. The highest BCUT2D eigenvalue weighted by Crippen LogP contribution is 2.54. The van der Waals surface area contributed by atoms with E-state index < -0.39 is 0 Å². The average Bonchev–Trinajstić information content (AvgIpc) is 3.75. The van der Waals surface area contributed by atoms with Gasteiger partial charge in [-0.05, 0) is 111 Å². The van der Waals surface area contributed by atoms with Crippen molar-refractivity contribution in [1.82, 2.24) is 9.97 Å². The fourth-order valence-corrected chi connectivity index (χ4v) is 11.6. The van der Waals surface area contributed by atoms with Crippen molar-refractivity contribution in [2.24, 2.45) is 0 Å². The summed E-state index contributed by atoms with van der Waals surface area (Å²) in [6.45, 7) is 9.40. The fourth-order valence-electron chi connectivity index (χ4n) is 11.6. The summed E-state index contributed by atoms with van der Waals surface area (Å²) in [7, 11) is 0. The Morgan fingerprint density at radius 2 is 0.788 bits per heavy atom. The Kier molecular flexibility index (Phi) is 8.33. The lowest BCUT2D eigenvalue weighted by molar-refractivity contribution is 0.660. The van der Waals surface area contributed by atoms with Crippen LogP contribution in [0.1, 0.15) is 49.9 Å². The van der Waals surface area contributed by atoms with Gasteiger partial charge in [0.1, 0.15) is 0 Å². The number of rotatable bonds is 5. The molecule has 1 heterocycles. The first kappa shape index (κ1) is 38.5. The van der Waals surface area contributed by atoms with E-state index in [9.17, 15) is 0 Å². The Morgan fingerprint density at radius 1 is 0.288 bits per heavy atom. The van der Waals surface area contributed by atoms with Crippen molar-refractivity contribution >= 4 is 32.3 Å². The molecule has 2 heteroatoms. The maximum Gasteiger partial charge on any atom is 0.160 e. The number of hydrogen-bond donors (Lipinski definition) is 0. The lowest BCUT2D eigenvalue weighted by Gasteiger charge is -2.22. The van der Waals surface area contributed by atoms with Gasteiger partial charge in [0, 0.05) is 27.5 Å². The second kappa shape index (κ2) is 14.3. The lowest BCUT2D eigenvalue weighted by atomic mass is 9.81. The van der Waals surface area contributed by atoms with Gasteiger partial charge in [0.05, 0.1) is 11.4 Å². The SMILES string of the molecule is CC1(C)c2ccccc2-c2c(-c3cc(-c4ccc(-c5ccc(-c6ccc7c(c6)-c6c(ccc8ccccc68)C7(C)C)c6ccccc56)c5ccccc45)nc(-c4ccccc4)n3)cccc21. The van der Waals surface area contributed by atoms with Gasteiger partial charge in [-0.25, -0.2) is 9.97 Å². The molecule has 0 unspecified atom stereocenters. The minimum absolute atomic E-state index is 0.0756. The van der Waals surface area contributed by atoms with E-state index in [1.807, 2.05) is 6.07 Å². The Balaban J connectivity index is 0.968. The number of aromatic nitrogens is 2. The molecular formula is C64H46N2. The van der Waals surface area contributed by atoms with Crippen molar-refractivity contribution in [3.05, 3.63) is 229 Å². The molecule has 0 bridgehead atoms. The fraction of sp³-hybridized carbons (Fsp3) is 0.0938. The molecule has 0 saturated carbocycles. The summed E-state index contributed by atoms with van der Waals surface area (Å²) in [4.78, 5) is 10.7. The van der Waals surface area contributed by atoms with Crippen LogP contribution in [-0.2, 0) is 10.8 Å². The van der Waals surface area contributed by atoms with Crippen molar-refractivity contribution in [2.45, 2.75) is 38.5 Å². The van der Waals surface area contributed by atoms with Crippen molar-refractivity contribution in [3.8, 4) is 78.4 Å². The van der Waals surface area contributed by atoms with Crippen LogP contribution in [0.3, 0.4) is 0 Å². The van der Waals surface area contributed by atoms with Gasteiger partial charge >= 0.3 is 0 Å². The maximum absolute atomic E-state index is 5.37. The topological polar surface area (TPSA) is 25.8 Å². The molecular weight excluding hydrogens is 797 g/mol. The molecule has 0 saturated heterocycles. The molecule has 13 rings (SSSR count). The van der Waals surface area contributed by atoms with E-state index in [0.717, 1.165) is 33.5 Å². The first-order chi connectivity index (χ1) is 32.3. The monoisotopic (exact) mass is 842 g/mol. The summed E-state index contributed by atoms with van der Waals surface area (Å²) in [5.41, 5.74) is 20.4. The molecule has 0 spiro atoms. The molecule has 2 nitrogen and oxygen atoms in total. The quantitative estimate of drug-likeness (QED) is 0.172. The molecule has 312 valence electrons. The van der Waals surface area contributed by atoms with Crippen LogP contribution in [0.15, 0.2) is 206 Å². The molecule has 0 atom stereocenters. The average molecular weight is 843 g/mol. The second-order valence-corrected chi connectivity index (χ2v) is 19.2. The minimum Gasteiger partial charge on any atom is -0.228 e. The third kappa shape index (κ3) is 5.61. The van der Waals surface area contributed by atoms with Crippen molar-refractivity contribution < 1.29 is 0 Å². The van der Waals surface area contributed by atoms with Gasteiger partial charge in [-0.15, -0.1) is 0 Å². The third-order valence-corrected chi connectivity index (χ3v) is 14.9. The maximum atomic E-state index is 5.37. The highest BCUT2D eigenvalue weighted by atomic mass is 14.9. The van der Waals surface area contributed by atoms with Gasteiger partial charge in [-0.3, -0.25) is 0 Å². The molecule has 0 N–H and O–H groups in total. The molecule has 66 heavy (non-hydrogen) atoms. The molecule has 2 aliphatic carbocycles. The molecule has 0 fully saturated rings. The number of fused-ring (bicyclic) bond motifs is 10. The number of hydrogen-bond acceptors (Lipinski definition) is 2. The van der Waals surface area contributed by atoms with E-state index in [1.165, 1.54) is 93.7 Å². The van der Waals surface area contributed by atoms with E-state index >= 15 is 0 Å². The molecule has 1 aromatic heterocycles. The zero-order valence-electron chi connectivity index (χ0n) is 37.5. The summed E-state index contributed by atoms with van der Waals surface area (Å²) >= 11 is 0. The summed E-state index contributed by atoms with van der Waals surface area (Å²) in [5.74, 6) is 0.716. The standard InChI is InChI=1S/C64H46N2/c1-63(2)54-27-15-14-25-51(54)61-52(26-16-28-56(61)63)59-38-58(65-62(66-59)40-18-6-5-7-19-40)50-34-33-49(46-23-12-13-24-47(46)50)48-32-31-42(44-21-10-11-22-45(44)48)41-30-35-55-53(37-41)60-43-20-9-8-17-39(43)29-36-57(60)64(55,3)4/h5-38H,1-4H3. The molecule has 0 radical (unpaired) electrons. The Hall–Kier alpha value is -7.94. The zero-order chi connectivity index (χ0) is 44.3. The zero-order valence-corrected chi connectivity index (χ0v) is 37.5. The molecule has 0 amide bonds. The summed E-state index contributed by atoms with van der Waals surface area (Å²) < 4.78 is 0. The van der Waals surface area contributed by atoms with Crippen LogP contribution in [-0.4, -0.2) is 9.97 Å². The van der Waals surface area contributed by atoms with Gasteiger partial charge in [0.15, 0.2) is 5.82 Å². The van der Waals surface area contributed by atoms with Gasteiger partial charge in [0.25, 0.3) is 0 Å².